The number of hydrogen-bond donors (Lipinski definition) is 1. The number of imide groups is 1. The van der Waals surface area contributed by atoms with Gasteiger partial charge in [0, 0.05) is 38.3 Å². The number of rotatable bonds is 5. The van der Waals surface area contributed by atoms with E-state index in [4.69, 9.17) is 0 Å². The minimum atomic E-state index is -1.47. The number of carbonyl (C=O) groups is 3. The predicted octanol–water partition coefficient (Wildman–Crippen LogP) is 1.79. The van der Waals surface area contributed by atoms with Crippen molar-refractivity contribution in [2.75, 3.05) is 13.1 Å². The summed E-state index contributed by atoms with van der Waals surface area (Å²) in [5.41, 5.74) is -0.476. The van der Waals surface area contributed by atoms with Gasteiger partial charge >= 0.3 is 0 Å². The summed E-state index contributed by atoms with van der Waals surface area (Å²) < 4.78 is 14.1. The molecule has 1 aromatic heterocycles. The molecule has 2 saturated heterocycles. The molecule has 3 heterocycles. The molecule has 2 aliphatic rings. The van der Waals surface area contributed by atoms with Crippen LogP contribution in [0.2, 0.25) is 0 Å². The number of β-amino-alcohol motifs (C(OH)–C–C–N with tert-alkyl or cyclic N) is 1. The minimum absolute atomic E-state index is 0.0409. The number of likely N-dealkylation sites (tertiary alicyclic amines) is 2. The van der Waals surface area contributed by atoms with E-state index in [1.807, 2.05) is 0 Å². The number of pyridine rings is 1. The van der Waals surface area contributed by atoms with Crippen LogP contribution >= 0.6 is 0 Å². The van der Waals surface area contributed by atoms with Gasteiger partial charge in [-0.1, -0.05) is 18.2 Å². The Morgan fingerprint density at radius 2 is 2.10 bits per heavy atom. The van der Waals surface area contributed by atoms with Gasteiger partial charge in [0.2, 0.25) is 17.7 Å². The van der Waals surface area contributed by atoms with Gasteiger partial charge in [-0.25, -0.2) is 4.39 Å². The first-order valence-corrected chi connectivity index (χ1v) is 10.3. The van der Waals surface area contributed by atoms with E-state index in [1.165, 1.54) is 23.1 Å². The fraction of sp³-hybridized carbons (Fsp3) is 0.391. The Labute approximate surface area is 179 Å². The quantitative estimate of drug-likeness (QED) is 0.738. The Morgan fingerprint density at radius 3 is 2.81 bits per heavy atom. The topological polar surface area (TPSA) is 90.8 Å². The maximum absolute atomic E-state index is 14.1. The van der Waals surface area contributed by atoms with E-state index >= 15 is 0 Å². The maximum Gasteiger partial charge on any atom is 0.241 e. The zero-order valence-electron chi connectivity index (χ0n) is 17.0. The van der Waals surface area contributed by atoms with E-state index in [-0.39, 0.29) is 31.8 Å². The van der Waals surface area contributed by atoms with Gasteiger partial charge in [0.05, 0.1) is 18.1 Å². The molecule has 0 radical (unpaired) electrons. The van der Waals surface area contributed by atoms with E-state index in [9.17, 15) is 23.9 Å². The molecule has 31 heavy (non-hydrogen) atoms. The van der Waals surface area contributed by atoms with Crippen molar-refractivity contribution in [3.05, 3.63) is 65.7 Å². The summed E-state index contributed by atoms with van der Waals surface area (Å²) >= 11 is 0. The SMILES string of the molecule is O=C(CC1(c2cccc(F)c2)CC(=O)N(Cc2cccnc2)C1=O)N1CCCC(O)C1. The van der Waals surface area contributed by atoms with E-state index in [1.54, 1.807) is 30.6 Å². The molecule has 0 spiro atoms. The number of piperidine rings is 1. The van der Waals surface area contributed by atoms with Gasteiger partial charge in [0.25, 0.3) is 0 Å². The van der Waals surface area contributed by atoms with Crippen molar-refractivity contribution in [3.8, 4) is 0 Å². The molecule has 8 heteroatoms. The number of nitrogens with zero attached hydrogens (tertiary/aromatic N) is 3. The first-order chi connectivity index (χ1) is 14.9. The van der Waals surface area contributed by atoms with Crippen molar-refractivity contribution in [2.24, 2.45) is 0 Å². The smallest absolute Gasteiger partial charge is 0.241 e. The van der Waals surface area contributed by atoms with Gasteiger partial charge in [0.1, 0.15) is 5.82 Å². The average Bonchev–Trinajstić information content (AvgIpc) is 2.99. The number of aromatic nitrogens is 1. The molecule has 2 fully saturated rings. The van der Waals surface area contributed by atoms with Crippen molar-refractivity contribution in [2.45, 2.75) is 43.7 Å². The zero-order valence-corrected chi connectivity index (χ0v) is 17.0. The van der Waals surface area contributed by atoms with E-state index in [2.05, 4.69) is 4.98 Å². The second-order valence-corrected chi connectivity index (χ2v) is 8.23. The third-order valence-electron chi connectivity index (χ3n) is 6.05. The van der Waals surface area contributed by atoms with Gasteiger partial charge in [-0.15, -0.1) is 0 Å². The van der Waals surface area contributed by atoms with Crippen LogP contribution in [0, 0.1) is 5.82 Å². The van der Waals surface area contributed by atoms with Crippen LogP contribution in [0.15, 0.2) is 48.8 Å². The molecule has 4 rings (SSSR count). The van der Waals surface area contributed by atoms with Crippen molar-refractivity contribution in [1.82, 2.24) is 14.8 Å². The summed E-state index contributed by atoms with van der Waals surface area (Å²) in [4.78, 5) is 46.3. The molecule has 162 valence electrons. The van der Waals surface area contributed by atoms with Crippen LogP contribution in [0.5, 0.6) is 0 Å². The molecular weight excluding hydrogens is 401 g/mol. The summed E-state index contributed by atoms with van der Waals surface area (Å²) in [6.45, 7) is 0.718. The van der Waals surface area contributed by atoms with Crippen LogP contribution in [0.4, 0.5) is 4.39 Å². The van der Waals surface area contributed by atoms with Gasteiger partial charge < -0.3 is 10.0 Å². The van der Waals surface area contributed by atoms with Crippen molar-refractivity contribution in [3.63, 3.8) is 0 Å². The number of amides is 3. The van der Waals surface area contributed by atoms with Crippen LogP contribution in [-0.2, 0) is 26.3 Å². The molecular formula is C23H24FN3O4. The van der Waals surface area contributed by atoms with Crippen molar-refractivity contribution in [1.29, 1.82) is 0 Å². The third-order valence-corrected chi connectivity index (χ3v) is 6.05. The molecule has 2 aromatic rings. The van der Waals surface area contributed by atoms with E-state index in [0.717, 1.165) is 4.90 Å². The molecule has 0 bridgehead atoms. The van der Waals surface area contributed by atoms with Gasteiger partial charge in [0.15, 0.2) is 0 Å². The lowest BCUT2D eigenvalue weighted by molar-refractivity contribution is -0.144. The van der Waals surface area contributed by atoms with Crippen LogP contribution in [0.25, 0.3) is 0 Å². The lowest BCUT2D eigenvalue weighted by atomic mass is 9.75. The van der Waals surface area contributed by atoms with Crippen LogP contribution in [0.1, 0.15) is 36.8 Å². The fourth-order valence-corrected chi connectivity index (χ4v) is 4.44. The predicted molar refractivity (Wildman–Crippen MR) is 109 cm³/mol. The lowest BCUT2D eigenvalue weighted by Gasteiger charge is -2.34. The summed E-state index contributed by atoms with van der Waals surface area (Å²) in [6.07, 6.45) is 3.39. The Bertz CT molecular complexity index is 999. The molecule has 2 unspecified atom stereocenters. The van der Waals surface area contributed by atoms with Gasteiger partial charge in [-0.3, -0.25) is 24.3 Å². The minimum Gasteiger partial charge on any atom is -0.391 e. The van der Waals surface area contributed by atoms with E-state index in [0.29, 0.717) is 30.5 Å². The number of benzene rings is 1. The molecule has 7 nitrogen and oxygen atoms in total. The Morgan fingerprint density at radius 1 is 1.26 bits per heavy atom. The average molecular weight is 425 g/mol. The number of halogens is 1. The van der Waals surface area contributed by atoms with Crippen LogP contribution in [-0.4, -0.2) is 56.8 Å². The molecule has 0 aliphatic carbocycles. The van der Waals surface area contributed by atoms with Crippen LogP contribution in [0.3, 0.4) is 0 Å². The monoisotopic (exact) mass is 425 g/mol. The summed E-state index contributed by atoms with van der Waals surface area (Å²) in [6, 6.07) is 9.01. The fourth-order valence-electron chi connectivity index (χ4n) is 4.44. The number of aliphatic hydroxyl groups is 1. The molecule has 3 amide bonds. The van der Waals surface area contributed by atoms with Gasteiger partial charge in [-0.2, -0.15) is 0 Å². The number of carbonyl (C=O) groups excluding carboxylic acids is 3. The molecule has 0 saturated carbocycles. The zero-order chi connectivity index (χ0) is 22.0. The standard InChI is InChI=1S/C23H24FN3O4/c24-18-6-1-5-17(10-18)23(11-20(29)26-9-3-7-19(28)15-26)12-21(30)27(22(23)31)14-16-4-2-8-25-13-16/h1-2,4-6,8,10,13,19,28H,3,7,9,11-12,14-15H2. The Kier molecular flexibility index (Phi) is 5.82. The highest BCUT2D eigenvalue weighted by Crippen LogP contribution is 2.41. The molecule has 1 N–H and O–H groups in total. The second kappa shape index (κ2) is 8.55. The second-order valence-electron chi connectivity index (χ2n) is 8.23. The molecule has 2 aliphatic heterocycles. The molecule has 2 atom stereocenters. The highest BCUT2D eigenvalue weighted by Gasteiger charge is 2.54. The van der Waals surface area contributed by atoms with Gasteiger partial charge in [-0.05, 0) is 42.2 Å². The Balaban J connectivity index is 1.67. The number of aliphatic hydroxyl groups excluding tert-OH is 1. The third kappa shape index (κ3) is 4.20. The highest BCUT2D eigenvalue weighted by atomic mass is 19.1. The van der Waals surface area contributed by atoms with Crippen LogP contribution < -0.4 is 0 Å². The highest BCUT2D eigenvalue weighted by molar-refractivity contribution is 6.10. The summed E-state index contributed by atoms with van der Waals surface area (Å²) in [5.74, 6) is -1.79. The van der Waals surface area contributed by atoms with Crippen molar-refractivity contribution < 1.29 is 23.9 Å². The van der Waals surface area contributed by atoms with Crippen molar-refractivity contribution >= 4 is 17.7 Å². The summed E-state index contributed by atoms with van der Waals surface area (Å²) in [5, 5.41) is 9.93. The Hall–Kier alpha value is -3.13. The first-order valence-electron chi connectivity index (χ1n) is 10.3. The maximum atomic E-state index is 14.1. The largest absolute Gasteiger partial charge is 0.391 e. The number of hydrogen-bond acceptors (Lipinski definition) is 5. The summed E-state index contributed by atoms with van der Waals surface area (Å²) in [7, 11) is 0. The first kappa shape index (κ1) is 21.1. The normalized spacial score (nSPS) is 24.0. The molecule has 1 aromatic carbocycles. The lowest BCUT2D eigenvalue weighted by Crippen LogP contribution is -2.47. The van der Waals surface area contributed by atoms with E-state index < -0.39 is 29.2 Å².